The van der Waals surface area contributed by atoms with Crippen molar-refractivity contribution in [3.63, 3.8) is 0 Å². The topological polar surface area (TPSA) is 20.3 Å². The molecule has 0 saturated carbocycles. The Morgan fingerprint density at radius 1 is 1.30 bits per heavy atom. The number of carbonyl (C=O) groups is 1. The Labute approximate surface area is 139 Å². The highest BCUT2D eigenvalue weighted by Gasteiger charge is 2.31. The molecule has 1 aromatic heterocycles. The van der Waals surface area contributed by atoms with Crippen molar-refractivity contribution < 1.29 is 4.79 Å². The Kier molecular flexibility index (Phi) is 4.29. The molecule has 1 atom stereocenters. The van der Waals surface area contributed by atoms with Crippen LogP contribution >= 0.6 is 43.2 Å². The van der Waals surface area contributed by atoms with Crippen LogP contribution in [0.15, 0.2) is 44.0 Å². The third-order valence-corrected chi connectivity index (χ3v) is 5.45. The quantitative estimate of drug-likeness (QED) is 0.656. The summed E-state index contributed by atoms with van der Waals surface area (Å²) < 4.78 is 1.81. The molecule has 0 N–H and O–H groups in total. The molecule has 1 aromatic carbocycles. The first-order valence-corrected chi connectivity index (χ1v) is 8.98. The molecule has 5 heteroatoms. The Morgan fingerprint density at radius 2 is 2.15 bits per heavy atom. The molecular weight excluding hydrogens is 402 g/mol. The molecule has 2 aromatic rings. The zero-order valence-corrected chi connectivity index (χ0v) is 14.7. The highest BCUT2D eigenvalue weighted by molar-refractivity contribution is 9.11. The minimum atomic E-state index is 0.109. The molecule has 1 aliphatic heterocycles. The van der Waals surface area contributed by atoms with Gasteiger partial charge >= 0.3 is 0 Å². The lowest BCUT2D eigenvalue weighted by molar-refractivity contribution is 0.0735. The Morgan fingerprint density at radius 3 is 2.85 bits per heavy atom. The van der Waals surface area contributed by atoms with Crippen LogP contribution in [0.2, 0.25) is 0 Å². The molecule has 2 heterocycles. The maximum absolute atomic E-state index is 12.8. The molecule has 0 aliphatic carbocycles. The number of hydrogen-bond donors (Lipinski definition) is 0. The van der Waals surface area contributed by atoms with E-state index in [1.807, 2.05) is 23.1 Å². The highest BCUT2D eigenvalue weighted by atomic mass is 79.9. The van der Waals surface area contributed by atoms with Gasteiger partial charge in [-0.25, -0.2) is 0 Å². The second-order valence-corrected chi connectivity index (χ2v) is 7.39. The summed E-state index contributed by atoms with van der Waals surface area (Å²) in [5.74, 6) is 0.109. The fourth-order valence-corrected chi connectivity index (χ4v) is 4.56. The van der Waals surface area contributed by atoms with Crippen molar-refractivity contribution in [3.05, 3.63) is 55.1 Å². The summed E-state index contributed by atoms with van der Waals surface area (Å²) in [4.78, 5) is 14.8. The molecule has 1 unspecified atom stereocenters. The number of carbonyl (C=O) groups excluding carboxylic acids is 1. The summed E-state index contributed by atoms with van der Waals surface area (Å²) in [7, 11) is 0. The smallest absolute Gasteiger partial charge is 0.255 e. The number of nitrogens with zero attached hydrogens (tertiary/aromatic N) is 1. The maximum atomic E-state index is 12.8. The summed E-state index contributed by atoms with van der Waals surface area (Å²) in [6.07, 6.45) is 2.12. The minimum absolute atomic E-state index is 0.109. The van der Waals surface area contributed by atoms with E-state index in [0.717, 1.165) is 33.9 Å². The minimum Gasteiger partial charge on any atom is -0.332 e. The molecule has 2 nitrogen and oxygen atoms in total. The fraction of sp³-hybridized carbons (Fsp3) is 0.267. The zero-order chi connectivity index (χ0) is 14.1. The van der Waals surface area contributed by atoms with Gasteiger partial charge in [0.25, 0.3) is 5.91 Å². The van der Waals surface area contributed by atoms with E-state index in [9.17, 15) is 4.79 Å². The fourth-order valence-electron chi connectivity index (χ4n) is 2.64. The molecule has 20 heavy (non-hydrogen) atoms. The van der Waals surface area contributed by atoms with Crippen molar-refractivity contribution in [3.8, 4) is 0 Å². The predicted octanol–water partition coefficient (Wildman–Crippen LogP) is 5.25. The summed E-state index contributed by atoms with van der Waals surface area (Å²) in [5, 5.41) is 4.22. The van der Waals surface area contributed by atoms with Gasteiger partial charge in [-0.2, -0.15) is 11.3 Å². The van der Waals surface area contributed by atoms with Crippen LogP contribution in [0.4, 0.5) is 0 Å². The highest BCUT2D eigenvalue weighted by Crippen LogP contribution is 2.35. The zero-order valence-electron chi connectivity index (χ0n) is 10.7. The van der Waals surface area contributed by atoms with Crippen LogP contribution in [0, 0.1) is 0 Å². The lowest BCUT2D eigenvalue weighted by Crippen LogP contribution is -2.30. The number of likely N-dealkylation sites (tertiary alicyclic amines) is 1. The van der Waals surface area contributed by atoms with Gasteiger partial charge in [-0.15, -0.1) is 0 Å². The lowest BCUT2D eigenvalue weighted by Gasteiger charge is -2.24. The van der Waals surface area contributed by atoms with Crippen LogP contribution in [0.5, 0.6) is 0 Å². The summed E-state index contributed by atoms with van der Waals surface area (Å²) in [5.41, 5.74) is 1.99. The first kappa shape index (κ1) is 14.3. The van der Waals surface area contributed by atoms with Gasteiger partial charge in [0.2, 0.25) is 0 Å². The van der Waals surface area contributed by atoms with Gasteiger partial charge in [-0.05, 0) is 69.4 Å². The maximum Gasteiger partial charge on any atom is 0.255 e. The van der Waals surface area contributed by atoms with Crippen molar-refractivity contribution in [2.45, 2.75) is 18.9 Å². The van der Waals surface area contributed by atoms with E-state index in [0.29, 0.717) is 0 Å². The molecule has 0 spiro atoms. The molecule has 1 saturated heterocycles. The van der Waals surface area contributed by atoms with Crippen molar-refractivity contribution in [2.24, 2.45) is 0 Å². The number of thiophene rings is 1. The van der Waals surface area contributed by atoms with E-state index >= 15 is 0 Å². The molecule has 3 rings (SSSR count). The third kappa shape index (κ3) is 2.71. The largest absolute Gasteiger partial charge is 0.332 e. The average Bonchev–Trinajstić information content (AvgIpc) is 3.09. The SMILES string of the molecule is O=C(c1ccc(Br)cc1Br)N1CCCC1c1ccsc1. The van der Waals surface area contributed by atoms with E-state index in [4.69, 9.17) is 0 Å². The van der Waals surface area contributed by atoms with Crippen LogP contribution in [-0.4, -0.2) is 17.4 Å². The monoisotopic (exact) mass is 413 g/mol. The Bertz CT molecular complexity index is 627. The van der Waals surface area contributed by atoms with Gasteiger partial charge < -0.3 is 4.90 Å². The van der Waals surface area contributed by atoms with Crippen molar-refractivity contribution in [1.82, 2.24) is 4.90 Å². The lowest BCUT2D eigenvalue weighted by atomic mass is 10.1. The normalized spacial score (nSPS) is 18.5. The summed E-state index contributed by atoms with van der Waals surface area (Å²) in [6, 6.07) is 8.05. The van der Waals surface area contributed by atoms with Gasteiger partial charge in [0.1, 0.15) is 0 Å². The first-order valence-electron chi connectivity index (χ1n) is 6.45. The number of rotatable bonds is 2. The number of hydrogen-bond acceptors (Lipinski definition) is 2. The number of benzene rings is 1. The van der Waals surface area contributed by atoms with Gasteiger partial charge in [0, 0.05) is 15.5 Å². The van der Waals surface area contributed by atoms with Crippen LogP contribution < -0.4 is 0 Å². The standard InChI is InChI=1S/C15H13Br2NOS/c16-11-3-4-12(13(17)8-11)15(19)18-6-1-2-14(18)10-5-7-20-9-10/h3-5,7-9,14H,1-2,6H2. The van der Waals surface area contributed by atoms with Crippen molar-refractivity contribution >= 4 is 49.1 Å². The van der Waals surface area contributed by atoms with Gasteiger partial charge in [-0.3, -0.25) is 4.79 Å². The van der Waals surface area contributed by atoms with E-state index in [1.54, 1.807) is 11.3 Å². The van der Waals surface area contributed by atoms with Crippen LogP contribution in [0.25, 0.3) is 0 Å². The second kappa shape index (κ2) is 6.00. The molecule has 1 amide bonds. The van der Waals surface area contributed by atoms with Crippen LogP contribution in [0.1, 0.15) is 34.8 Å². The molecule has 0 bridgehead atoms. The predicted molar refractivity (Wildman–Crippen MR) is 89.2 cm³/mol. The second-order valence-electron chi connectivity index (χ2n) is 4.84. The number of amides is 1. The summed E-state index contributed by atoms with van der Waals surface area (Å²) in [6.45, 7) is 0.835. The van der Waals surface area contributed by atoms with E-state index in [1.165, 1.54) is 5.56 Å². The van der Waals surface area contributed by atoms with Crippen molar-refractivity contribution in [1.29, 1.82) is 0 Å². The van der Waals surface area contributed by atoms with E-state index < -0.39 is 0 Å². The van der Waals surface area contributed by atoms with Crippen LogP contribution in [-0.2, 0) is 0 Å². The molecule has 1 aliphatic rings. The first-order chi connectivity index (χ1) is 9.66. The van der Waals surface area contributed by atoms with Gasteiger partial charge in [0.15, 0.2) is 0 Å². The molecule has 0 radical (unpaired) electrons. The van der Waals surface area contributed by atoms with E-state index in [2.05, 4.69) is 48.7 Å². The third-order valence-electron chi connectivity index (χ3n) is 3.60. The number of halogens is 2. The van der Waals surface area contributed by atoms with Crippen LogP contribution in [0.3, 0.4) is 0 Å². The Hall–Kier alpha value is -0.650. The molecular formula is C15H13Br2NOS. The van der Waals surface area contributed by atoms with Crippen molar-refractivity contribution in [2.75, 3.05) is 6.54 Å². The molecule has 104 valence electrons. The molecule has 1 fully saturated rings. The van der Waals surface area contributed by atoms with E-state index in [-0.39, 0.29) is 11.9 Å². The average molecular weight is 415 g/mol. The Balaban J connectivity index is 1.89. The van der Waals surface area contributed by atoms with Gasteiger partial charge in [-0.1, -0.05) is 15.9 Å². The summed E-state index contributed by atoms with van der Waals surface area (Å²) >= 11 is 8.59. The van der Waals surface area contributed by atoms with Gasteiger partial charge in [0.05, 0.1) is 11.6 Å².